The van der Waals surface area contributed by atoms with Gasteiger partial charge in [0, 0.05) is 9.79 Å². The van der Waals surface area contributed by atoms with E-state index in [2.05, 4.69) is 78.9 Å². The third-order valence-electron chi connectivity index (χ3n) is 5.83. The minimum Gasteiger partial charge on any atom is -0.508 e. The van der Waals surface area contributed by atoms with Gasteiger partial charge in [-0.05, 0) is 57.6 Å². The Morgan fingerprint density at radius 3 is 1.81 bits per heavy atom. The molecule has 0 radical (unpaired) electrons. The summed E-state index contributed by atoms with van der Waals surface area (Å²) in [5.41, 5.74) is 7.14. The van der Waals surface area contributed by atoms with Crippen molar-refractivity contribution in [3.63, 3.8) is 0 Å². The van der Waals surface area contributed by atoms with Gasteiger partial charge in [-0.15, -0.1) is 0 Å². The molecule has 0 saturated carbocycles. The first-order valence-corrected chi connectivity index (χ1v) is 9.92. The molecule has 0 amide bonds. The lowest BCUT2D eigenvalue weighted by Gasteiger charge is -2.39. The maximum atomic E-state index is 10.4. The summed E-state index contributed by atoms with van der Waals surface area (Å²) in [6.45, 7) is 0. The van der Waals surface area contributed by atoms with Crippen molar-refractivity contribution in [3.8, 4) is 16.9 Å². The van der Waals surface area contributed by atoms with E-state index in [1.165, 1.54) is 43.2 Å². The lowest BCUT2D eigenvalue weighted by atomic mass is 9.67. The molecular weight excluding hydrogens is 348 g/mol. The van der Waals surface area contributed by atoms with Gasteiger partial charge in [0.2, 0.25) is 0 Å². The van der Waals surface area contributed by atoms with Crippen molar-refractivity contribution in [2.24, 2.45) is 0 Å². The van der Waals surface area contributed by atoms with E-state index in [0.29, 0.717) is 5.75 Å². The Labute approximate surface area is 162 Å². The lowest BCUT2D eigenvalue weighted by molar-refractivity contribution is 0.474. The van der Waals surface area contributed by atoms with Crippen molar-refractivity contribution in [1.82, 2.24) is 0 Å². The van der Waals surface area contributed by atoms with Crippen LogP contribution in [-0.2, 0) is 5.41 Å². The van der Waals surface area contributed by atoms with Gasteiger partial charge in [-0.1, -0.05) is 78.5 Å². The van der Waals surface area contributed by atoms with Crippen LogP contribution >= 0.6 is 11.8 Å². The third-order valence-corrected chi connectivity index (χ3v) is 6.98. The molecule has 0 bridgehead atoms. The van der Waals surface area contributed by atoms with Gasteiger partial charge in [-0.2, -0.15) is 0 Å². The largest absolute Gasteiger partial charge is 0.508 e. The second-order valence-electron chi connectivity index (χ2n) is 7.12. The molecular formula is C25H16OS. The predicted molar refractivity (Wildman–Crippen MR) is 110 cm³/mol. The normalized spacial score (nSPS) is 15.0. The second kappa shape index (κ2) is 5.28. The van der Waals surface area contributed by atoms with Crippen LogP contribution in [0.1, 0.15) is 22.3 Å². The number of benzene rings is 4. The van der Waals surface area contributed by atoms with Crippen LogP contribution in [0.3, 0.4) is 0 Å². The fraction of sp³-hybridized carbons (Fsp3) is 0.0400. The number of hydrogen-bond acceptors (Lipinski definition) is 2. The maximum absolute atomic E-state index is 10.4. The molecule has 0 aromatic heterocycles. The van der Waals surface area contributed by atoms with Crippen LogP contribution in [-0.4, -0.2) is 5.11 Å². The molecule has 0 atom stereocenters. The average Bonchev–Trinajstić information content (AvgIpc) is 2.99. The van der Waals surface area contributed by atoms with Crippen LogP contribution in [0.15, 0.2) is 101 Å². The Balaban J connectivity index is 1.87. The third kappa shape index (κ3) is 1.81. The van der Waals surface area contributed by atoms with Crippen LogP contribution in [0, 0.1) is 0 Å². The molecule has 2 heteroatoms. The Kier molecular flexibility index (Phi) is 2.95. The summed E-state index contributed by atoms with van der Waals surface area (Å²) >= 11 is 1.83. The predicted octanol–water partition coefficient (Wildman–Crippen LogP) is 6.22. The van der Waals surface area contributed by atoms with E-state index < -0.39 is 0 Å². The Morgan fingerprint density at radius 2 is 1.11 bits per heavy atom. The molecule has 1 heterocycles. The molecule has 6 rings (SSSR count). The van der Waals surface area contributed by atoms with Gasteiger partial charge in [0.25, 0.3) is 0 Å². The molecule has 0 fully saturated rings. The van der Waals surface area contributed by atoms with Crippen LogP contribution < -0.4 is 0 Å². The van der Waals surface area contributed by atoms with Gasteiger partial charge in [0.1, 0.15) is 5.75 Å². The average molecular weight is 364 g/mol. The molecule has 4 aromatic rings. The quantitative estimate of drug-likeness (QED) is 0.345. The maximum Gasteiger partial charge on any atom is 0.115 e. The zero-order chi connectivity index (χ0) is 18.0. The monoisotopic (exact) mass is 364 g/mol. The summed E-state index contributed by atoms with van der Waals surface area (Å²) in [4.78, 5) is 2.56. The molecule has 2 aliphatic rings. The first-order chi connectivity index (χ1) is 13.3. The number of phenols is 1. The highest BCUT2D eigenvalue weighted by Gasteiger charge is 2.50. The smallest absolute Gasteiger partial charge is 0.115 e. The first-order valence-electron chi connectivity index (χ1n) is 9.10. The summed E-state index contributed by atoms with van der Waals surface area (Å²) < 4.78 is 0. The van der Waals surface area contributed by atoms with E-state index in [1.807, 2.05) is 17.8 Å². The molecule has 0 unspecified atom stereocenters. The minimum absolute atomic E-state index is 0.314. The van der Waals surface area contributed by atoms with Crippen molar-refractivity contribution in [3.05, 3.63) is 113 Å². The second-order valence-corrected chi connectivity index (χ2v) is 8.20. The summed E-state index contributed by atoms with van der Waals surface area (Å²) in [6, 6.07) is 31.9. The molecule has 27 heavy (non-hydrogen) atoms. The van der Waals surface area contributed by atoms with Crippen molar-refractivity contribution in [2.75, 3.05) is 0 Å². The molecule has 128 valence electrons. The fourth-order valence-corrected chi connectivity index (χ4v) is 6.03. The molecule has 1 nitrogen and oxygen atoms in total. The lowest BCUT2D eigenvalue weighted by Crippen LogP contribution is -2.31. The van der Waals surface area contributed by atoms with Crippen molar-refractivity contribution >= 4 is 11.8 Å². The van der Waals surface area contributed by atoms with Crippen LogP contribution in [0.25, 0.3) is 11.1 Å². The van der Waals surface area contributed by atoms with E-state index in [9.17, 15) is 5.11 Å². The Hall–Kier alpha value is -2.97. The molecule has 1 N–H and O–H groups in total. The van der Waals surface area contributed by atoms with Gasteiger partial charge < -0.3 is 5.11 Å². The molecule has 1 spiro atoms. The van der Waals surface area contributed by atoms with Gasteiger partial charge in [-0.3, -0.25) is 0 Å². The van der Waals surface area contributed by atoms with Gasteiger partial charge in [0.15, 0.2) is 0 Å². The summed E-state index contributed by atoms with van der Waals surface area (Å²) in [7, 11) is 0. The molecule has 1 aliphatic heterocycles. The summed E-state index contributed by atoms with van der Waals surface area (Å²) in [5.74, 6) is 0.314. The fourth-order valence-electron chi connectivity index (χ4n) is 4.84. The van der Waals surface area contributed by atoms with E-state index in [0.717, 1.165) is 0 Å². The van der Waals surface area contributed by atoms with Crippen LogP contribution in [0.4, 0.5) is 0 Å². The van der Waals surface area contributed by atoms with Gasteiger partial charge >= 0.3 is 0 Å². The van der Waals surface area contributed by atoms with Crippen LogP contribution in [0.5, 0.6) is 5.75 Å². The van der Waals surface area contributed by atoms with E-state index in [1.54, 1.807) is 6.07 Å². The highest BCUT2D eigenvalue weighted by Crippen LogP contribution is 2.62. The Morgan fingerprint density at radius 1 is 0.556 bits per heavy atom. The van der Waals surface area contributed by atoms with Gasteiger partial charge in [0.05, 0.1) is 5.41 Å². The van der Waals surface area contributed by atoms with Crippen molar-refractivity contribution in [1.29, 1.82) is 0 Å². The van der Waals surface area contributed by atoms with Gasteiger partial charge in [-0.25, -0.2) is 0 Å². The first kappa shape index (κ1) is 15.1. The standard InChI is InChI=1S/C25H16OS/c26-16-13-14-18-17-7-1-2-8-19(17)25(22(18)15-16)20-9-3-5-11-23(20)27-24-12-6-4-10-21(24)25/h1-15,26H. The summed E-state index contributed by atoms with van der Waals surface area (Å²) in [5, 5.41) is 10.4. The van der Waals surface area contributed by atoms with E-state index in [-0.39, 0.29) is 5.41 Å². The minimum atomic E-state index is -0.386. The van der Waals surface area contributed by atoms with Crippen molar-refractivity contribution < 1.29 is 5.11 Å². The number of rotatable bonds is 0. The highest BCUT2D eigenvalue weighted by atomic mass is 32.2. The SMILES string of the molecule is Oc1ccc2c(c1)C1(c3ccccc3Sc3ccccc31)c1ccccc1-2. The zero-order valence-corrected chi connectivity index (χ0v) is 15.3. The summed E-state index contributed by atoms with van der Waals surface area (Å²) in [6.07, 6.45) is 0. The van der Waals surface area contributed by atoms with Crippen LogP contribution in [0.2, 0.25) is 0 Å². The number of fused-ring (bicyclic) bond motifs is 9. The zero-order valence-electron chi connectivity index (χ0n) is 14.5. The molecule has 4 aromatic carbocycles. The topological polar surface area (TPSA) is 20.2 Å². The number of phenolic OH excluding ortho intramolecular Hbond substituents is 1. The number of hydrogen-bond donors (Lipinski definition) is 1. The highest BCUT2D eigenvalue weighted by molar-refractivity contribution is 7.99. The van der Waals surface area contributed by atoms with E-state index in [4.69, 9.17) is 0 Å². The van der Waals surface area contributed by atoms with Crippen molar-refractivity contribution in [2.45, 2.75) is 15.2 Å². The molecule has 1 aliphatic carbocycles. The number of aromatic hydroxyl groups is 1. The Bertz CT molecular complexity index is 1180. The molecule has 0 saturated heterocycles. The van der Waals surface area contributed by atoms with E-state index >= 15 is 0 Å².